The van der Waals surface area contributed by atoms with Gasteiger partial charge in [0.15, 0.2) is 0 Å². The minimum Gasteiger partial charge on any atom is -0.489 e. The molecule has 1 fully saturated rings. The molecule has 0 bridgehead atoms. The summed E-state index contributed by atoms with van der Waals surface area (Å²) in [5.74, 6) is 1.10. The Balaban J connectivity index is 2.24. The highest BCUT2D eigenvalue weighted by molar-refractivity contribution is 5.50. The Morgan fingerprint density at radius 1 is 1.45 bits per heavy atom. The molecule has 2 unspecified atom stereocenters. The lowest BCUT2D eigenvalue weighted by Crippen LogP contribution is -2.00. The summed E-state index contributed by atoms with van der Waals surface area (Å²) in [4.78, 5) is 0. The molecule has 56 valence electrons. The lowest BCUT2D eigenvalue weighted by molar-refractivity contribution is 0.308. The third kappa shape index (κ3) is 0.528. The van der Waals surface area contributed by atoms with Gasteiger partial charge in [0, 0.05) is 11.0 Å². The van der Waals surface area contributed by atoms with Crippen molar-refractivity contribution in [2.75, 3.05) is 0 Å². The Morgan fingerprint density at radius 2 is 2.27 bits per heavy atom. The van der Waals surface area contributed by atoms with Crippen molar-refractivity contribution in [2.24, 2.45) is 0 Å². The minimum atomic E-state index is 0.372. The molecule has 1 aliphatic heterocycles. The van der Waals surface area contributed by atoms with Crippen molar-refractivity contribution < 1.29 is 4.74 Å². The molecule has 1 aromatic rings. The Bertz CT molecular complexity index is 318. The Kier molecular flexibility index (Phi) is 0.743. The molecule has 0 saturated heterocycles. The second-order valence-electron chi connectivity index (χ2n) is 3.72. The molecule has 2 atom stereocenters. The molecule has 0 N–H and O–H groups in total. The van der Waals surface area contributed by atoms with Crippen LogP contribution in [0.25, 0.3) is 0 Å². The van der Waals surface area contributed by atoms with E-state index in [0.717, 1.165) is 5.75 Å². The zero-order chi connectivity index (χ0) is 7.47. The van der Waals surface area contributed by atoms with Gasteiger partial charge in [0.1, 0.15) is 11.9 Å². The third-order valence-electron chi connectivity index (χ3n) is 2.93. The van der Waals surface area contributed by atoms with Crippen LogP contribution < -0.4 is 4.74 Å². The molecule has 1 nitrogen and oxygen atoms in total. The summed E-state index contributed by atoms with van der Waals surface area (Å²) >= 11 is 0. The number of ether oxygens (including phenoxy) is 1. The number of para-hydroxylation sites is 1. The van der Waals surface area contributed by atoms with Gasteiger partial charge < -0.3 is 4.74 Å². The molecule has 1 heteroatoms. The van der Waals surface area contributed by atoms with E-state index in [0.29, 0.717) is 11.5 Å². The van der Waals surface area contributed by atoms with Crippen molar-refractivity contribution in [3.8, 4) is 5.75 Å². The first-order chi connectivity index (χ1) is 5.31. The molecule has 3 rings (SSSR count). The summed E-state index contributed by atoms with van der Waals surface area (Å²) in [7, 11) is 0. The average molecular weight is 146 g/mol. The summed E-state index contributed by atoms with van der Waals surface area (Å²) < 4.78 is 5.68. The monoisotopic (exact) mass is 146 g/mol. The van der Waals surface area contributed by atoms with Crippen molar-refractivity contribution in [2.45, 2.75) is 24.9 Å². The molecule has 0 spiro atoms. The molecule has 1 aromatic carbocycles. The van der Waals surface area contributed by atoms with E-state index in [2.05, 4.69) is 25.1 Å². The van der Waals surface area contributed by atoms with E-state index in [1.807, 2.05) is 6.07 Å². The van der Waals surface area contributed by atoms with Gasteiger partial charge >= 0.3 is 0 Å². The average Bonchev–Trinajstić information content (AvgIpc) is 2.57. The van der Waals surface area contributed by atoms with Gasteiger partial charge in [-0.25, -0.2) is 0 Å². The van der Waals surface area contributed by atoms with E-state index in [4.69, 9.17) is 4.74 Å². The summed E-state index contributed by atoms with van der Waals surface area (Å²) in [5.41, 5.74) is 1.78. The lowest BCUT2D eigenvalue weighted by Gasteiger charge is -2.03. The molecule has 1 heterocycles. The van der Waals surface area contributed by atoms with E-state index in [-0.39, 0.29) is 0 Å². The Labute approximate surface area is 66.0 Å². The fourth-order valence-electron chi connectivity index (χ4n) is 1.98. The fourth-order valence-corrected chi connectivity index (χ4v) is 1.98. The number of rotatable bonds is 0. The van der Waals surface area contributed by atoms with Crippen molar-refractivity contribution in [1.29, 1.82) is 0 Å². The largest absolute Gasteiger partial charge is 0.489 e. The summed E-state index contributed by atoms with van der Waals surface area (Å²) in [6.45, 7) is 2.28. The van der Waals surface area contributed by atoms with Crippen LogP contribution in [0.15, 0.2) is 24.3 Å². The SMILES string of the molecule is CC12CC1Oc1ccccc12. The quantitative estimate of drug-likeness (QED) is 0.544. The van der Waals surface area contributed by atoms with Crippen LogP contribution in [0.3, 0.4) is 0 Å². The van der Waals surface area contributed by atoms with Crippen molar-refractivity contribution in [3.63, 3.8) is 0 Å². The fraction of sp³-hybridized carbons (Fsp3) is 0.400. The van der Waals surface area contributed by atoms with E-state index in [9.17, 15) is 0 Å². The van der Waals surface area contributed by atoms with Gasteiger partial charge in [-0.3, -0.25) is 0 Å². The second kappa shape index (κ2) is 1.45. The van der Waals surface area contributed by atoms with Crippen LogP contribution in [0, 0.1) is 0 Å². The van der Waals surface area contributed by atoms with Gasteiger partial charge in [-0.2, -0.15) is 0 Å². The maximum Gasteiger partial charge on any atom is 0.123 e. The van der Waals surface area contributed by atoms with Crippen LogP contribution >= 0.6 is 0 Å². The van der Waals surface area contributed by atoms with Crippen LogP contribution in [0.2, 0.25) is 0 Å². The van der Waals surface area contributed by atoms with Crippen LogP contribution in [0.1, 0.15) is 18.9 Å². The predicted octanol–water partition coefficient (Wildman–Crippen LogP) is 2.11. The summed E-state index contributed by atoms with van der Waals surface area (Å²) in [6, 6.07) is 8.37. The highest BCUT2D eigenvalue weighted by atomic mass is 16.5. The van der Waals surface area contributed by atoms with Gasteiger partial charge in [-0.15, -0.1) is 0 Å². The van der Waals surface area contributed by atoms with Gasteiger partial charge in [-0.1, -0.05) is 25.1 Å². The van der Waals surface area contributed by atoms with E-state index < -0.39 is 0 Å². The van der Waals surface area contributed by atoms with Crippen molar-refractivity contribution >= 4 is 0 Å². The lowest BCUT2D eigenvalue weighted by atomic mass is 9.99. The van der Waals surface area contributed by atoms with Gasteiger partial charge in [0.05, 0.1) is 0 Å². The minimum absolute atomic E-state index is 0.372. The maximum atomic E-state index is 5.68. The molecule has 2 aliphatic rings. The van der Waals surface area contributed by atoms with Gasteiger partial charge in [0.25, 0.3) is 0 Å². The molecule has 11 heavy (non-hydrogen) atoms. The molecule has 1 saturated carbocycles. The Morgan fingerprint density at radius 3 is 3.09 bits per heavy atom. The molecular formula is C10H10O. The first-order valence-corrected chi connectivity index (χ1v) is 4.07. The van der Waals surface area contributed by atoms with Crippen LogP contribution in [0.4, 0.5) is 0 Å². The standard InChI is InChI=1S/C10H10O/c1-10-6-9(10)11-8-5-3-2-4-7(8)10/h2-5,9H,6H2,1H3. The first kappa shape index (κ1) is 5.64. The second-order valence-corrected chi connectivity index (χ2v) is 3.72. The van der Waals surface area contributed by atoms with Crippen LogP contribution in [-0.4, -0.2) is 6.10 Å². The number of fused-ring (bicyclic) bond motifs is 3. The molecule has 1 aliphatic carbocycles. The normalized spacial score (nSPS) is 37.4. The van der Waals surface area contributed by atoms with Crippen LogP contribution in [-0.2, 0) is 5.41 Å². The third-order valence-corrected chi connectivity index (χ3v) is 2.93. The van der Waals surface area contributed by atoms with E-state index >= 15 is 0 Å². The number of hydrogen-bond acceptors (Lipinski definition) is 1. The maximum absolute atomic E-state index is 5.68. The highest BCUT2D eigenvalue weighted by Gasteiger charge is 2.59. The zero-order valence-electron chi connectivity index (χ0n) is 6.50. The highest BCUT2D eigenvalue weighted by Crippen LogP contribution is 2.58. The Hall–Kier alpha value is -0.980. The van der Waals surface area contributed by atoms with E-state index in [1.165, 1.54) is 12.0 Å². The zero-order valence-corrected chi connectivity index (χ0v) is 6.50. The summed E-state index contributed by atoms with van der Waals surface area (Å²) in [5, 5.41) is 0. The predicted molar refractivity (Wildman–Crippen MR) is 42.8 cm³/mol. The molecular weight excluding hydrogens is 136 g/mol. The molecule has 0 amide bonds. The smallest absolute Gasteiger partial charge is 0.123 e. The topological polar surface area (TPSA) is 9.23 Å². The van der Waals surface area contributed by atoms with Crippen molar-refractivity contribution in [1.82, 2.24) is 0 Å². The number of benzene rings is 1. The molecule has 0 aromatic heterocycles. The number of hydrogen-bond donors (Lipinski definition) is 0. The molecule has 0 radical (unpaired) electrons. The van der Waals surface area contributed by atoms with Crippen LogP contribution in [0.5, 0.6) is 5.75 Å². The first-order valence-electron chi connectivity index (χ1n) is 4.07. The van der Waals surface area contributed by atoms with E-state index in [1.54, 1.807) is 0 Å². The van der Waals surface area contributed by atoms with Gasteiger partial charge in [0.2, 0.25) is 0 Å². The summed E-state index contributed by atoms with van der Waals surface area (Å²) in [6.07, 6.45) is 1.70. The van der Waals surface area contributed by atoms with Crippen molar-refractivity contribution in [3.05, 3.63) is 29.8 Å². The van der Waals surface area contributed by atoms with Gasteiger partial charge in [-0.05, 0) is 12.5 Å².